The highest BCUT2D eigenvalue weighted by atomic mass is 16.7. The van der Waals surface area contributed by atoms with Gasteiger partial charge in [-0.1, -0.05) is 29.5 Å². The minimum atomic E-state index is -0.404. The van der Waals surface area contributed by atoms with Gasteiger partial charge in [0.05, 0.1) is 18.8 Å². The molecular weight excluding hydrogens is 320 g/mol. The maximum Gasteiger partial charge on any atom is 0.273 e. The molecule has 7 nitrogen and oxygen atoms in total. The molecule has 2 rings (SSSR count). The summed E-state index contributed by atoms with van der Waals surface area (Å²) in [4.78, 5) is 12.4. The Balaban J connectivity index is 1.99. The van der Waals surface area contributed by atoms with Crippen LogP contribution >= 0.6 is 0 Å². The van der Waals surface area contributed by atoms with Crippen LogP contribution in [0.25, 0.3) is 0 Å². The van der Waals surface area contributed by atoms with Gasteiger partial charge in [0.1, 0.15) is 0 Å². The number of hydrogen-bond acceptors (Lipinski definition) is 5. The van der Waals surface area contributed by atoms with Crippen molar-refractivity contribution in [3.63, 3.8) is 0 Å². The van der Waals surface area contributed by atoms with Crippen molar-refractivity contribution in [2.75, 3.05) is 13.2 Å². The van der Waals surface area contributed by atoms with Gasteiger partial charge < -0.3 is 14.8 Å². The van der Waals surface area contributed by atoms with Crippen molar-refractivity contribution < 1.29 is 14.3 Å². The zero-order valence-corrected chi connectivity index (χ0v) is 15.2. The van der Waals surface area contributed by atoms with E-state index in [1.807, 2.05) is 52.0 Å². The first kappa shape index (κ1) is 19.1. The molecule has 136 valence electrons. The maximum atomic E-state index is 12.4. The van der Waals surface area contributed by atoms with Crippen LogP contribution in [0.15, 0.2) is 30.5 Å². The van der Waals surface area contributed by atoms with Crippen molar-refractivity contribution in [3.8, 4) is 0 Å². The molecule has 1 atom stereocenters. The summed E-state index contributed by atoms with van der Waals surface area (Å²) in [6.45, 7) is 9.25. The molecule has 0 fully saturated rings. The lowest BCUT2D eigenvalue weighted by molar-refractivity contribution is -0.145. The highest BCUT2D eigenvalue weighted by Crippen LogP contribution is 2.17. The fraction of sp³-hybridized carbons (Fsp3) is 0.500. The third-order valence-electron chi connectivity index (χ3n) is 3.82. The lowest BCUT2D eigenvalue weighted by Gasteiger charge is -2.16. The van der Waals surface area contributed by atoms with Gasteiger partial charge in [0.15, 0.2) is 12.0 Å². The summed E-state index contributed by atoms with van der Waals surface area (Å²) in [5, 5.41) is 10.9. The van der Waals surface area contributed by atoms with Crippen molar-refractivity contribution in [2.45, 2.75) is 46.6 Å². The number of aromatic nitrogens is 3. The lowest BCUT2D eigenvalue weighted by atomic mass is 10.0. The van der Waals surface area contributed by atoms with Crippen molar-refractivity contribution in [3.05, 3.63) is 47.3 Å². The molecule has 0 bridgehead atoms. The van der Waals surface area contributed by atoms with Gasteiger partial charge in [-0.25, -0.2) is 4.68 Å². The molecule has 25 heavy (non-hydrogen) atoms. The van der Waals surface area contributed by atoms with Gasteiger partial charge in [-0.15, -0.1) is 5.10 Å². The molecule has 2 aromatic rings. The molecule has 1 heterocycles. The minimum Gasteiger partial charge on any atom is -0.351 e. The van der Waals surface area contributed by atoms with Gasteiger partial charge in [-0.05, 0) is 38.8 Å². The van der Waals surface area contributed by atoms with E-state index in [1.54, 1.807) is 10.9 Å². The summed E-state index contributed by atoms with van der Waals surface area (Å²) in [5.41, 5.74) is 2.48. The van der Waals surface area contributed by atoms with Crippen molar-refractivity contribution in [2.24, 2.45) is 0 Å². The molecule has 0 aliphatic carbocycles. The SMILES string of the molecule is CCOC(Cn1cc(C(=O)N[C@H](C)c2ccccc2C)nn1)OCC. The van der Waals surface area contributed by atoms with E-state index >= 15 is 0 Å². The zero-order chi connectivity index (χ0) is 18.2. The maximum absolute atomic E-state index is 12.4. The number of aryl methyl sites for hydroxylation is 1. The van der Waals surface area contributed by atoms with Gasteiger partial charge in [0.2, 0.25) is 0 Å². The molecule has 1 N–H and O–H groups in total. The number of benzene rings is 1. The number of rotatable bonds is 9. The monoisotopic (exact) mass is 346 g/mol. The Morgan fingerprint density at radius 1 is 1.24 bits per heavy atom. The van der Waals surface area contributed by atoms with Gasteiger partial charge >= 0.3 is 0 Å². The summed E-state index contributed by atoms with van der Waals surface area (Å²) in [5.74, 6) is -0.258. The van der Waals surface area contributed by atoms with E-state index < -0.39 is 6.29 Å². The van der Waals surface area contributed by atoms with Crippen LogP contribution in [0.5, 0.6) is 0 Å². The van der Waals surface area contributed by atoms with Crippen molar-refractivity contribution in [1.29, 1.82) is 0 Å². The molecular formula is C18H26N4O3. The zero-order valence-electron chi connectivity index (χ0n) is 15.2. The van der Waals surface area contributed by atoms with Crippen LogP contribution in [-0.2, 0) is 16.0 Å². The molecule has 0 spiro atoms. The number of ether oxygens (including phenoxy) is 2. The Hall–Kier alpha value is -2.25. The van der Waals surface area contributed by atoms with Gasteiger partial charge in [-0.2, -0.15) is 0 Å². The Kier molecular flexibility index (Phi) is 7.09. The Labute approximate surface area is 148 Å². The normalized spacial score (nSPS) is 12.4. The number of carbonyl (C=O) groups is 1. The second kappa shape index (κ2) is 9.29. The molecule has 0 aliphatic heterocycles. The van der Waals surface area contributed by atoms with E-state index in [9.17, 15) is 4.79 Å². The lowest BCUT2D eigenvalue weighted by Crippen LogP contribution is -2.27. The third kappa shape index (κ3) is 5.37. The fourth-order valence-electron chi connectivity index (χ4n) is 2.59. The summed E-state index contributed by atoms with van der Waals surface area (Å²) in [6, 6.07) is 7.86. The Morgan fingerprint density at radius 3 is 2.56 bits per heavy atom. The van der Waals surface area contributed by atoms with Crippen LogP contribution in [0.4, 0.5) is 0 Å². The van der Waals surface area contributed by atoms with Gasteiger partial charge in [0.25, 0.3) is 5.91 Å². The molecule has 1 amide bonds. The molecule has 0 radical (unpaired) electrons. The molecule has 7 heteroatoms. The number of carbonyl (C=O) groups excluding carboxylic acids is 1. The van der Waals surface area contributed by atoms with Crippen molar-refractivity contribution in [1.82, 2.24) is 20.3 Å². The molecule has 0 saturated carbocycles. The molecule has 1 aromatic heterocycles. The number of hydrogen-bond donors (Lipinski definition) is 1. The van der Waals surface area contributed by atoms with Crippen LogP contribution in [-0.4, -0.2) is 40.4 Å². The van der Waals surface area contributed by atoms with E-state index in [4.69, 9.17) is 9.47 Å². The highest BCUT2D eigenvalue weighted by molar-refractivity contribution is 5.92. The third-order valence-corrected chi connectivity index (χ3v) is 3.82. The van der Waals surface area contributed by atoms with E-state index in [1.165, 1.54) is 0 Å². The average molecular weight is 346 g/mol. The largest absolute Gasteiger partial charge is 0.351 e. The second-order valence-corrected chi connectivity index (χ2v) is 5.72. The number of nitrogens with one attached hydrogen (secondary N) is 1. The van der Waals surface area contributed by atoms with Gasteiger partial charge in [0, 0.05) is 13.2 Å². The highest BCUT2D eigenvalue weighted by Gasteiger charge is 2.17. The molecule has 1 aromatic carbocycles. The first-order chi connectivity index (χ1) is 12.0. The van der Waals surface area contributed by atoms with Crippen LogP contribution in [0, 0.1) is 6.92 Å². The Morgan fingerprint density at radius 2 is 1.92 bits per heavy atom. The van der Waals surface area contributed by atoms with Crippen LogP contribution in [0.2, 0.25) is 0 Å². The van der Waals surface area contributed by atoms with E-state index in [-0.39, 0.29) is 17.6 Å². The standard InChI is InChI=1S/C18H26N4O3/c1-5-24-17(25-6-2)12-22-11-16(20-21-22)18(23)19-14(4)15-10-8-7-9-13(15)3/h7-11,14,17H,5-6,12H2,1-4H3,(H,19,23)/t14-/m1/s1. The predicted octanol–water partition coefficient (Wildman–Crippen LogP) is 2.48. The van der Waals surface area contributed by atoms with Gasteiger partial charge in [-0.3, -0.25) is 4.79 Å². The minimum absolute atomic E-state index is 0.113. The summed E-state index contributed by atoms with van der Waals surface area (Å²) in [7, 11) is 0. The topological polar surface area (TPSA) is 78.3 Å². The van der Waals surface area contributed by atoms with Crippen molar-refractivity contribution >= 4 is 5.91 Å². The van der Waals surface area contributed by atoms with Crippen LogP contribution in [0.3, 0.4) is 0 Å². The van der Waals surface area contributed by atoms with E-state index in [0.29, 0.717) is 19.8 Å². The number of amides is 1. The Bertz CT molecular complexity index is 680. The first-order valence-corrected chi connectivity index (χ1v) is 8.54. The first-order valence-electron chi connectivity index (χ1n) is 8.54. The average Bonchev–Trinajstić information content (AvgIpc) is 3.04. The molecule has 0 unspecified atom stereocenters. The van der Waals surface area contributed by atoms with E-state index in [0.717, 1.165) is 11.1 Å². The van der Waals surface area contributed by atoms with Crippen LogP contribution in [0.1, 0.15) is 48.4 Å². The molecule has 0 saturated heterocycles. The predicted molar refractivity (Wildman–Crippen MR) is 94.1 cm³/mol. The summed E-state index contributed by atoms with van der Waals surface area (Å²) < 4.78 is 12.5. The molecule has 0 aliphatic rings. The second-order valence-electron chi connectivity index (χ2n) is 5.72. The summed E-state index contributed by atoms with van der Waals surface area (Å²) in [6.07, 6.45) is 1.20. The summed E-state index contributed by atoms with van der Waals surface area (Å²) >= 11 is 0. The van der Waals surface area contributed by atoms with E-state index in [2.05, 4.69) is 15.6 Å². The quantitative estimate of drug-likeness (QED) is 0.706. The van der Waals surface area contributed by atoms with Crippen LogP contribution < -0.4 is 5.32 Å². The smallest absolute Gasteiger partial charge is 0.273 e. The fourth-order valence-corrected chi connectivity index (χ4v) is 2.59. The number of nitrogens with zero attached hydrogens (tertiary/aromatic N) is 3.